The van der Waals surface area contributed by atoms with Crippen LogP contribution in [0.25, 0.3) is 0 Å². The van der Waals surface area contributed by atoms with Gasteiger partial charge < -0.3 is 5.32 Å². The fourth-order valence-corrected chi connectivity index (χ4v) is 2.39. The van der Waals surface area contributed by atoms with Crippen molar-refractivity contribution >= 4 is 21.6 Å². The molecule has 0 spiro atoms. The minimum Gasteiger partial charge on any atom is -0.383 e. The lowest BCUT2D eigenvalue weighted by Crippen LogP contribution is -2.24. The molecule has 0 unspecified atom stereocenters. The summed E-state index contributed by atoms with van der Waals surface area (Å²) >= 11 is 3.29. The third-order valence-electron chi connectivity index (χ3n) is 3.03. The third kappa shape index (κ3) is 4.20. The van der Waals surface area contributed by atoms with E-state index in [1.807, 2.05) is 18.2 Å². The molecule has 0 saturated heterocycles. The number of terminal acetylenes is 1. The van der Waals surface area contributed by atoms with Gasteiger partial charge in [-0.15, -0.1) is 6.42 Å². The van der Waals surface area contributed by atoms with Crippen LogP contribution < -0.4 is 10.9 Å². The van der Waals surface area contributed by atoms with E-state index in [9.17, 15) is 4.79 Å². The maximum Gasteiger partial charge on any atom is 0.284 e. The molecule has 0 atom stereocenters. The number of aromatic nitrogens is 2. The second kappa shape index (κ2) is 7.65. The van der Waals surface area contributed by atoms with Crippen LogP contribution in [0, 0.1) is 12.3 Å². The number of hydrogen-bond acceptors (Lipinski definition) is 3. The standard InChI is InChI=1S/C16H16BrN3O/c1-2-11-20-16(21)15(17)14(12-19-20)18-10-6-9-13-7-4-3-5-8-13/h1,3-5,7-8,12,18H,6,9-11H2. The summed E-state index contributed by atoms with van der Waals surface area (Å²) in [5, 5.41) is 7.25. The lowest BCUT2D eigenvalue weighted by Gasteiger charge is -2.09. The Kier molecular flexibility index (Phi) is 5.59. The van der Waals surface area contributed by atoms with Crippen LogP contribution in [-0.4, -0.2) is 16.3 Å². The molecule has 1 aromatic carbocycles. The monoisotopic (exact) mass is 345 g/mol. The molecule has 21 heavy (non-hydrogen) atoms. The number of halogens is 1. The Bertz CT molecular complexity index is 689. The number of hydrogen-bond donors (Lipinski definition) is 1. The quantitative estimate of drug-likeness (QED) is 0.646. The number of nitrogens with zero attached hydrogens (tertiary/aromatic N) is 2. The van der Waals surface area contributed by atoms with Gasteiger partial charge in [0.1, 0.15) is 11.0 Å². The van der Waals surface area contributed by atoms with Crippen molar-refractivity contribution < 1.29 is 0 Å². The molecule has 0 aliphatic heterocycles. The molecule has 108 valence electrons. The SMILES string of the molecule is C#CCn1ncc(NCCCc2ccccc2)c(Br)c1=O. The molecule has 0 bridgehead atoms. The lowest BCUT2D eigenvalue weighted by molar-refractivity contribution is 0.659. The molecule has 0 radical (unpaired) electrons. The summed E-state index contributed by atoms with van der Waals surface area (Å²) in [5.41, 5.74) is 1.78. The van der Waals surface area contributed by atoms with Crippen LogP contribution in [0.1, 0.15) is 12.0 Å². The van der Waals surface area contributed by atoms with Gasteiger partial charge in [-0.25, -0.2) is 4.68 Å². The Morgan fingerprint density at radius 1 is 1.33 bits per heavy atom. The van der Waals surface area contributed by atoms with E-state index < -0.39 is 0 Å². The molecule has 5 heteroatoms. The molecule has 1 N–H and O–H groups in total. The zero-order valence-corrected chi connectivity index (χ0v) is 13.1. The molecule has 2 rings (SSSR count). The van der Waals surface area contributed by atoms with Crippen molar-refractivity contribution in [2.24, 2.45) is 0 Å². The first kappa shape index (κ1) is 15.3. The minimum atomic E-state index is -0.221. The van der Waals surface area contributed by atoms with Gasteiger partial charge in [0.05, 0.1) is 11.9 Å². The minimum absolute atomic E-state index is 0.172. The van der Waals surface area contributed by atoms with Gasteiger partial charge in [-0.3, -0.25) is 4.79 Å². The third-order valence-corrected chi connectivity index (χ3v) is 3.79. The summed E-state index contributed by atoms with van der Waals surface area (Å²) < 4.78 is 1.71. The fourth-order valence-electron chi connectivity index (χ4n) is 1.95. The number of rotatable bonds is 6. The highest BCUT2D eigenvalue weighted by molar-refractivity contribution is 9.10. The summed E-state index contributed by atoms with van der Waals surface area (Å²) in [6.07, 6.45) is 8.78. The molecule has 0 amide bonds. The highest BCUT2D eigenvalue weighted by Gasteiger charge is 2.07. The van der Waals surface area contributed by atoms with E-state index in [2.05, 4.69) is 44.4 Å². The average Bonchev–Trinajstić information content (AvgIpc) is 2.51. The van der Waals surface area contributed by atoms with Crippen molar-refractivity contribution in [2.45, 2.75) is 19.4 Å². The van der Waals surface area contributed by atoms with E-state index in [4.69, 9.17) is 6.42 Å². The van der Waals surface area contributed by atoms with E-state index in [-0.39, 0.29) is 12.1 Å². The van der Waals surface area contributed by atoms with Crippen molar-refractivity contribution in [1.29, 1.82) is 0 Å². The van der Waals surface area contributed by atoms with Crippen molar-refractivity contribution in [1.82, 2.24) is 9.78 Å². The Morgan fingerprint density at radius 2 is 2.10 bits per heavy atom. The van der Waals surface area contributed by atoms with Crippen LogP contribution >= 0.6 is 15.9 Å². The van der Waals surface area contributed by atoms with Gasteiger partial charge in [-0.05, 0) is 34.3 Å². The lowest BCUT2D eigenvalue weighted by atomic mass is 10.1. The van der Waals surface area contributed by atoms with E-state index in [0.717, 1.165) is 19.4 Å². The van der Waals surface area contributed by atoms with E-state index in [1.165, 1.54) is 10.2 Å². The van der Waals surface area contributed by atoms with E-state index >= 15 is 0 Å². The summed E-state index contributed by atoms with van der Waals surface area (Å²) in [6, 6.07) is 10.3. The summed E-state index contributed by atoms with van der Waals surface area (Å²) in [7, 11) is 0. The maximum absolute atomic E-state index is 12.0. The molecule has 0 aliphatic rings. The number of anilines is 1. The predicted octanol–water partition coefficient (Wildman–Crippen LogP) is 2.68. The first-order valence-corrected chi connectivity index (χ1v) is 7.48. The predicted molar refractivity (Wildman–Crippen MR) is 88.3 cm³/mol. The van der Waals surface area contributed by atoms with Crippen molar-refractivity contribution in [3.63, 3.8) is 0 Å². The molecule has 0 saturated carbocycles. The second-order valence-corrected chi connectivity index (χ2v) is 5.35. The van der Waals surface area contributed by atoms with Gasteiger partial charge in [0.25, 0.3) is 5.56 Å². The van der Waals surface area contributed by atoms with Gasteiger partial charge >= 0.3 is 0 Å². The Balaban J connectivity index is 1.91. The van der Waals surface area contributed by atoms with Crippen LogP contribution in [0.4, 0.5) is 5.69 Å². The second-order valence-electron chi connectivity index (χ2n) is 4.56. The topological polar surface area (TPSA) is 46.9 Å². The van der Waals surface area contributed by atoms with E-state index in [0.29, 0.717) is 10.2 Å². The molecular weight excluding hydrogens is 330 g/mol. The maximum atomic E-state index is 12.0. The van der Waals surface area contributed by atoms with Gasteiger partial charge in [0.2, 0.25) is 0 Å². The molecule has 1 aromatic heterocycles. The van der Waals surface area contributed by atoms with Gasteiger partial charge in [-0.2, -0.15) is 5.10 Å². The van der Waals surface area contributed by atoms with Crippen LogP contribution in [0.15, 0.2) is 45.8 Å². The summed E-state index contributed by atoms with van der Waals surface area (Å²) in [6.45, 7) is 0.944. The average molecular weight is 346 g/mol. The molecule has 1 heterocycles. The van der Waals surface area contributed by atoms with Crippen LogP contribution in [0.2, 0.25) is 0 Å². The van der Waals surface area contributed by atoms with Gasteiger partial charge in [-0.1, -0.05) is 36.3 Å². The van der Waals surface area contributed by atoms with Gasteiger partial charge in [0, 0.05) is 6.54 Å². The van der Waals surface area contributed by atoms with Crippen molar-refractivity contribution in [2.75, 3.05) is 11.9 Å². The summed E-state index contributed by atoms with van der Waals surface area (Å²) in [5.74, 6) is 2.40. The normalized spacial score (nSPS) is 10.1. The van der Waals surface area contributed by atoms with Crippen molar-refractivity contribution in [3.8, 4) is 12.3 Å². The zero-order valence-electron chi connectivity index (χ0n) is 11.6. The Labute approximate surface area is 132 Å². The summed E-state index contributed by atoms with van der Waals surface area (Å²) in [4.78, 5) is 12.0. The number of benzene rings is 1. The molecule has 4 nitrogen and oxygen atoms in total. The first-order valence-electron chi connectivity index (χ1n) is 6.69. The van der Waals surface area contributed by atoms with Gasteiger partial charge in [0.15, 0.2) is 0 Å². The molecule has 0 aliphatic carbocycles. The molecule has 2 aromatic rings. The van der Waals surface area contributed by atoms with Crippen molar-refractivity contribution in [3.05, 3.63) is 56.9 Å². The molecule has 0 fully saturated rings. The smallest absolute Gasteiger partial charge is 0.284 e. The van der Waals surface area contributed by atoms with Crippen LogP contribution in [0.3, 0.4) is 0 Å². The first-order chi connectivity index (χ1) is 10.2. The Morgan fingerprint density at radius 3 is 2.81 bits per heavy atom. The zero-order chi connectivity index (χ0) is 15.1. The highest BCUT2D eigenvalue weighted by atomic mass is 79.9. The Hall–Kier alpha value is -2.06. The van der Waals surface area contributed by atoms with Crippen LogP contribution in [-0.2, 0) is 13.0 Å². The fraction of sp³-hybridized carbons (Fsp3) is 0.250. The molecular formula is C16H16BrN3O. The number of nitrogens with one attached hydrogen (secondary N) is 1. The largest absolute Gasteiger partial charge is 0.383 e. The van der Waals surface area contributed by atoms with E-state index in [1.54, 1.807) is 6.20 Å². The number of aryl methyl sites for hydroxylation is 1. The van der Waals surface area contributed by atoms with Crippen LogP contribution in [0.5, 0.6) is 0 Å². The highest BCUT2D eigenvalue weighted by Crippen LogP contribution is 2.16.